The molecule has 0 aliphatic carbocycles. The average molecular weight is 312 g/mol. The van der Waals surface area contributed by atoms with Crippen molar-refractivity contribution >= 4 is 33.9 Å². The van der Waals surface area contributed by atoms with Crippen LogP contribution in [0.5, 0.6) is 0 Å². The summed E-state index contributed by atoms with van der Waals surface area (Å²) < 4.78 is 0.919. The molecule has 0 saturated heterocycles. The summed E-state index contributed by atoms with van der Waals surface area (Å²) in [6.45, 7) is 1.71. The molecule has 1 rings (SSSR count). The van der Waals surface area contributed by atoms with Gasteiger partial charge in [-0.05, 0) is 30.2 Å². The van der Waals surface area contributed by atoms with Crippen LogP contribution in [0.15, 0.2) is 34.8 Å². The number of aliphatic carboxylic acids is 1. The van der Waals surface area contributed by atoms with Gasteiger partial charge in [0.15, 0.2) is 0 Å². The zero-order valence-electron chi connectivity index (χ0n) is 9.89. The summed E-state index contributed by atoms with van der Waals surface area (Å²) in [5.74, 6) is -1.44. The van der Waals surface area contributed by atoms with Gasteiger partial charge in [0.05, 0.1) is 0 Å². The van der Waals surface area contributed by atoms with Crippen LogP contribution < -0.4 is 5.32 Å². The Morgan fingerprint density at radius 2 is 2.22 bits per heavy atom. The minimum Gasteiger partial charge on any atom is -0.480 e. The van der Waals surface area contributed by atoms with Crippen molar-refractivity contribution in [1.29, 1.82) is 0 Å². The molecule has 0 fully saturated rings. The smallest absolute Gasteiger partial charge is 0.326 e. The first-order chi connectivity index (χ1) is 8.52. The lowest BCUT2D eigenvalue weighted by Crippen LogP contribution is -2.39. The van der Waals surface area contributed by atoms with Crippen molar-refractivity contribution in [3.8, 4) is 0 Å². The summed E-state index contributed by atoms with van der Waals surface area (Å²) in [6.07, 6.45) is 3.31. The maximum absolute atomic E-state index is 11.5. The van der Waals surface area contributed by atoms with E-state index in [0.29, 0.717) is 6.42 Å². The maximum atomic E-state index is 11.5. The zero-order valence-corrected chi connectivity index (χ0v) is 11.5. The molecule has 0 saturated carbocycles. The van der Waals surface area contributed by atoms with Crippen molar-refractivity contribution in [2.75, 3.05) is 0 Å². The van der Waals surface area contributed by atoms with Crippen molar-refractivity contribution in [3.63, 3.8) is 0 Å². The van der Waals surface area contributed by atoms with E-state index in [4.69, 9.17) is 5.11 Å². The van der Waals surface area contributed by atoms with Gasteiger partial charge in [-0.3, -0.25) is 4.79 Å². The van der Waals surface area contributed by atoms with E-state index in [-0.39, 0.29) is 0 Å². The molecule has 1 amide bonds. The molecule has 0 spiro atoms. The highest BCUT2D eigenvalue weighted by atomic mass is 79.9. The molecule has 1 aromatic carbocycles. The van der Waals surface area contributed by atoms with E-state index < -0.39 is 17.9 Å². The monoisotopic (exact) mass is 311 g/mol. The lowest BCUT2D eigenvalue weighted by atomic mass is 10.2. The fourth-order valence-electron chi connectivity index (χ4n) is 1.34. The highest BCUT2D eigenvalue weighted by molar-refractivity contribution is 9.10. The number of halogens is 1. The Bertz CT molecular complexity index is 471. The van der Waals surface area contributed by atoms with Gasteiger partial charge < -0.3 is 10.4 Å². The SMILES string of the molecule is CC[C@@H](NC(=O)C=Cc1cccc(Br)c1)C(=O)O. The molecule has 4 nitrogen and oxygen atoms in total. The predicted molar refractivity (Wildman–Crippen MR) is 73.0 cm³/mol. The van der Waals surface area contributed by atoms with E-state index in [1.54, 1.807) is 13.0 Å². The first-order valence-corrected chi connectivity index (χ1v) is 6.29. The van der Waals surface area contributed by atoms with Crippen molar-refractivity contribution < 1.29 is 14.7 Å². The molecule has 1 atom stereocenters. The Morgan fingerprint density at radius 1 is 1.50 bits per heavy atom. The van der Waals surface area contributed by atoms with Crippen LogP contribution in [-0.4, -0.2) is 23.0 Å². The molecule has 0 aliphatic heterocycles. The summed E-state index contributed by atoms with van der Waals surface area (Å²) in [7, 11) is 0. The largest absolute Gasteiger partial charge is 0.480 e. The molecule has 0 aromatic heterocycles. The average Bonchev–Trinajstić information content (AvgIpc) is 2.33. The highest BCUT2D eigenvalue weighted by Crippen LogP contribution is 2.12. The second-order valence-electron chi connectivity index (χ2n) is 3.70. The van der Waals surface area contributed by atoms with Crippen molar-refractivity contribution in [2.24, 2.45) is 0 Å². The molecule has 96 valence electrons. The lowest BCUT2D eigenvalue weighted by molar-refractivity contribution is -0.141. The Balaban J connectivity index is 2.62. The quantitative estimate of drug-likeness (QED) is 0.821. The minimum absolute atomic E-state index is 0.353. The summed E-state index contributed by atoms with van der Waals surface area (Å²) in [5.41, 5.74) is 0.864. The van der Waals surface area contributed by atoms with E-state index in [0.717, 1.165) is 10.0 Å². The van der Waals surface area contributed by atoms with Gasteiger partial charge in [-0.15, -0.1) is 0 Å². The van der Waals surface area contributed by atoms with E-state index in [9.17, 15) is 9.59 Å². The number of amides is 1. The molecule has 1 aromatic rings. The third kappa shape index (κ3) is 4.71. The Kier molecular flexibility index (Phi) is 5.58. The molecule has 0 heterocycles. The molecule has 0 bridgehead atoms. The van der Waals surface area contributed by atoms with Crippen LogP contribution >= 0.6 is 15.9 Å². The molecule has 0 aliphatic rings. The van der Waals surface area contributed by atoms with Gasteiger partial charge in [0.25, 0.3) is 0 Å². The number of nitrogens with one attached hydrogen (secondary N) is 1. The second-order valence-corrected chi connectivity index (χ2v) is 4.61. The second kappa shape index (κ2) is 6.96. The van der Waals surface area contributed by atoms with Crippen LogP contribution in [0.2, 0.25) is 0 Å². The summed E-state index contributed by atoms with van der Waals surface area (Å²) >= 11 is 3.33. The normalized spacial score (nSPS) is 12.3. The third-order valence-corrected chi connectivity index (χ3v) is 2.79. The topological polar surface area (TPSA) is 66.4 Å². The molecular weight excluding hydrogens is 298 g/mol. The van der Waals surface area contributed by atoms with Gasteiger partial charge in [0.2, 0.25) is 5.91 Å². The Hall–Kier alpha value is -1.62. The van der Waals surface area contributed by atoms with Crippen LogP contribution in [0, 0.1) is 0 Å². The molecule has 2 N–H and O–H groups in total. The zero-order chi connectivity index (χ0) is 13.5. The van der Waals surface area contributed by atoms with Crippen LogP contribution in [0.3, 0.4) is 0 Å². The summed E-state index contributed by atoms with van der Waals surface area (Å²) in [4.78, 5) is 22.2. The van der Waals surface area contributed by atoms with Crippen LogP contribution in [0.25, 0.3) is 6.08 Å². The highest BCUT2D eigenvalue weighted by Gasteiger charge is 2.15. The molecule has 0 radical (unpaired) electrons. The molecule has 18 heavy (non-hydrogen) atoms. The lowest BCUT2D eigenvalue weighted by Gasteiger charge is -2.09. The van der Waals surface area contributed by atoms with E-state index in [1.165, 1.54) is 6.08 Å². The first kappa shape index (κ1) is 14.4. The number of benzene rings is 1. The van der Waals surface area contributed by atoms with Crippen LogP contribution in [0.1, 0.15) is 18.9 Å². The molecule has 0 unspecified atom stereocenters. The van der Waals surface area contributed by atoms with Gasteiger partial charge in [-0.2, -0.15) is 0 Å². The van der Waals surface area contributed by atoms with E-state index >= 15 is 0 Å². The number of carbonyl (C=O) groups excluding carboxylic acids is 1. The number of hydrogen-bond donors (Lipinski definition) is 2. The third-order valence-electron chi connectivity index (χ3n) is 2.30. The van der Waals surface area contributed by atoms with E-state index in [1.807, 2.05) is 24.3 Å². The number of carboxylic acids is 1. The van der Waals surface area contributed by atoms with Crippen molar-refractivity contribution in [1.82, 2.24) is 5.32 Å². The Labute approximate surface area is 114 Å². The first-order valence-electron chi connectivity index (χ1n) is 5.50. The van der Waals surface area contributed by atoms with Gasteiger partial charge in [0.1, 0.15) is 6.04 Å². The predicted octanol–water partition coefficient (Wildman–Crippen LogP) is 2.44. The number of rotatable bonds is 5. The summed E-state index contributed by atoms with van der Waals surface area (Å²) in [6, 6.07) is 6.61. The number of hydrogen-bond acceptors (Lipinski definition) is 2. The van der Waals surface area contributed by atoms with Crippen LogP contribution in [0.4, 0.5) is 0 Å². The fourth-order valence-corrected chi connectivity index (χ4v) is 1.76. The standard InChI is InChI=1S/C13H14BrNO3/c1-2-11(13(17)18)15-12(16)7-6-9-4-3-5-10(14)8-9/h3-8,11H,2H2,1H3,(H,15,16)(H,17,18)/t11-/m1/s1. The van der Waals surface area contributed by atoms with Gasteiger partial charge in [-0.1, -0.05) is 35.0 Å². The van der Waals surface area contributed by atoms with Crippen molar-refractivity contribution in [3.05, 3.63) is 40.4 Å². The Morgan fingerprint density at radius 3 is 2.78 bits per heavy atom. The maximum Gasteiger partial charge on any atom is 0.326 e. The molecule has 5 heteroatoms. The summed E-state index contributed by atoms with van der Waals surface area (Å²) in [5, 5.41) is 11.2. The fraction of sp³-hybridized carbons (Fsp3) is 0.231. The van der Waals surface area contributed by atoms with Gasteiger partial charge >= 0.3 is 5.97 Å². The number of carbonyl (C=O) groups is 2. The van der Waals surface area contributed by atoms with Crippen LogP contribution in [-0.2, 0) is 9.59 Å². The van der Waals surface area contributed by atoms with Crippen molar-refractivity contribution in [2.45, 2.75) is 19.4 Å². The number of carboxylic acid groups (broad SMARTS) is 1. The van der Waals surface area contributed by atoms with Gasteiger partial charge in [-0.25, -0.2) is 4.79 Å². The van der Waals surface area contributed by atoms with E-state index in [2.05, 4.69) is 21.2 Å². The molecular formula is C13H14BrNO3. The van der Waals surface area contributed by atoms with Gasteiger partial charge in [0, 0.05) is 10.5 Å². The minimum atomic E-state index is -1.03.